The van der Waals surface area contributed by atoms with Crippen molar-refractivity contribution in [3.05, 3.63) is 47.0 Å². The predicted octanol–water partition coefficient (Wildman–Crippen LogP) is 3.41. The molecule has 68 valence electrons. The van der Waals surface area contributed by atoms with Crippen molar-refractivity contribution in [3.63, 3.8) is 0 Å². The van der Waals surface area contributed by atoms with E-state index in [-0.39, 0.29) is 5.78 Å². The average molecular weight is 195 g/mol. The number of rotatable bonds is 3. The maximum absolute atomic E-state index is 11.5. The van der Waals surface area contributed by atoms with Crippen molar-refractivity contribution in [2.75, 3.05) is 0 Å². The number of allylic oxidation sites excluding steroid dienone is 1. The second-order valence-electron chi connectivity index (χ2n) is 2.88. The van der Waals surface area contributed by atoms with Crippen LogP contribution in [0.3, 0.4) is 0 Å². The van der Waals surface area contributed by atoms with Crippen LogP contribution >= 0.6 is 11.6 Å². The van der Waals surface area contributed by atoms with Crippen LogP contribution in [0.2, 0.25) is 5.02 Å². The van der Waals surface area contributed by atoms with Gasteiger partial charge in [-0.1, -0.05) is 23.7 Å². The van der Waals surface area contributed by atoms with Gasteiger partial charge in [0.2, 0.25) is 0 Å². The first kappa shape index (κ1) is 10.0. The summed E-state index contributed by atoms with van der Waals surface area (Å²) in [7, 11) is 0. The van der Waals surface area contributed by atoms with Gasteiger partial charge in [0.15, 0.2) is 5.78 Å². The average Bonchev–Trinajstić information content (AvgIpc) is 2.09. The number of hydrogen-bond acceptors (Lipinski definition) is 1. The topological polar surface area (TPSA) is 17.1 Å². The summed E-state index contributed by atoms with van der Waals surface area (Å²) in [5, 5.41) is 0.595. The highest BCUT2D eigenvalue weighted by molar-refractivity contribution is 6.31. The maximum Gasteiger partial charge on any atom is 0.166 e. The SMILES string of the molecule is C=CCC(=O)c1cc(Cl)ccc1C. The molecular weight excluding hydrogens is 184 g/mol. The minimum absolute atomic E-state index is 0.0648. The van der Waals surface area contributed by atoms with Gasteiger partial charge in [-0.3, -0.25) is 4.79 Å². The fourth-order valence-electron chi connectivity index (χ4n) is 1.14. The molecule has 0 aliphatic rings. The number of Topliss-reactive ketones (excluding diaryl/α,β-unsaturated/α-hetero) is 1. The van der Waals surface area contributed by atoms with Gasteiger partial charge in [-0.05, 0) is 24.6 Å². The molecule has 0 bridgehead atoms. The Hall–Kier alpha value is -1.08. The lowest BCUT2D eigenvalue weighted by atomic mass is 10.0. The smallest absolute Gasteiger partial charge is 0.166 e. The number of hydrogen-bond donors (Lipinski definition) is 0. The molecule has 1 nitrogen and oxygen atoms in total. The molecular formula is C11H11ClO. The summed E-state index contributed by atoms with van der Waals surface area (Å²) in [4.78, 5) is 11.5. The molecule has 0 aliphatic carbocycles. The number of carbonyl (C=O) groups is 1. The van der Waals surface area contributed by atoms with Gasteiger partial charge in [0.05, 0.1) is 0 Å². The zero-order valence-corrected chi connectivity index (χ0v) is 8.27. The standard InChI is InChI=1S/C11H11ClO/c1-3-4-11(13)10-7-9(12)6-5-8(10)2/h3,5-7H,1,4H2,2H3. The summed E-state index contributed by atoms with van der Waals surface area (Å²) >= 11 is 5.78. The quantitative estimate of drug-likeness (QED) is 0.533. The lowest BCUT2D eigenvalue weighted by Crippen LogP contribution is -1.99. The highest BCUT2D eigenvalue weighted by Gasteiger charge is 2.07. The molecule has 0 N–H and O–H groups in total. The Bertz CT molecular complexity index is 342. The Labute approximate surface area is 83.0 Å². The normalized spacial score (nSPS) is 9.69. The summed E-state index contributed by atoms with van der Waals surface area (Å²) in [6.07, 6.45) is 1.96. The molecule has 0 amide bonds. The van der Waals surface area contributed by atoms with Crippen molar-refractivity contribution in [3.8, 4) is 0 Å². The zero-order valence-electron chi connectivity index (χ0n) is 7.51. The monoisotopic (exact) mass is 194 g/mol. The van der Waals surface area contributed by atoms with Gasteiger partial charge >= 0.3 is 0 Å². The Morgan fingerprint density at radius 3 is 2.92 bits per heavy atom. The molecule has 0 unspecified atom stereocenters. The second kappa shape index (κ2) is 4.24. The Morgan fingerprint density at radius 2 is 2.31 bits per heavy atom. The fourth-order valence-corrected chi connectivity index (χ4v) is 1.31. The molecule has 0 heterocycles. The van der Waals surface area contributed by atoms with E-state index in [2.05, 4.69) is 6.58 Å². The van der Waals surface area contributed by atoms with Crippen LogP contribution in [0.15, 0.2) is 30.9 Å². The largest absolute Gasteiger partial charge is 0.294 e. The molecule has 0 saturated carbocycles. The zero-order chi connectivity index (χ0) is 9.84. The predicted molar refractivity (Wildman–Crippen MR) is 55.3 cm³/mol. The van der Waals surface area contributed by atoms with Crippen molar-refractivity contribution in [2.24, 2.45) is 0 Å². The van der Waals surface area contributed by atoms with E-state index in [0.717, 1.165) is 5.56 Å². The molecule has 1 aromatic carbocycles. The number of benzene rings is 1. The molecule has 1 aromatic rings. The number of ketones is 1. The first-order valence-electron chi connectivity index (χ1n) is 4.05. The molecule has 2 heteroatoms. The van der Waals surface area contributed by atoms with E-state index in [1.54, 1.807) is 18.2 Å². The first-order valence-corrected chi connectivity index (χ1v) is 4.43. The van der Waals surface area contributed by atoms with Gasteiger partial charge in [0.25, 0.3) is 0 Å². The Kier molecular flexibility index (Phi) is 3.26. The fraction of sp³-hybridized carbons (Fsp3) is 0.182. The summed E-state index contributed by atoms with van der Waals surface area (Å²) in [5.41, 5.74) is 1.64. The molecule has 0 aliphatic heterocycles. The summed E-state index contributed by atoms with van der Waals surface area (Å²) in [5.74, 6) is 0.0648. The van der Waals surface area contributed by atoms with Crippen LogP contribution in [-0.4, -0.2) is 5.78 Å². The number of aryl methyl sites for hydroxylation is 1. The van der Waals surface area contributed by atoms with Crippen molar-refractivity contribution in [1.29, 1.82) is 0 Å². The molecule has 13 heavy (non-hydrogen) atoms. The highest BCUT2D eigenvalue weighted by atomic mass is 35.5. The molecule has 1 rings (SSSR count). The number of carbonyl (C=O) groups excluding carboxylic acids is 1. The van der Waals surface area contributed by atoms with E-state index < -0.39 is 0 Å². The van der Waals surface area contributed by atoms with Crippen molar-refractivity contribution < 1.29 is 4.79 Å². The second-order valence-corrected chi connectivity index (χ2v) is 3.31. The molecule has 0 fully saturated rings. The molecule has 0 aromatic heterocycles. The van der Waals surface area contributed by atoms with Gasteiger partial charge < -0.3 is 0 Å². The van der Waals surface area contributed by atoms with Crippen LogP contribution in [0.5, 0.6) is 0 Å². The van der Waals surface area contributed by atoms with E-state index in [1.807, 2.05) is 13.0 Å². The van der Waals surface area contributed by atoms with Gasteiger partial charge in [0.1, 0.15) is 0 Å². The van der Waals surface area contributed by atoms with Gasteiger partial charge in [0, 0.05) is 17.0 Å². The minimum Gasteiger partial charge on any atom is -0.294 e. The summed E-state index contributed by atoms with van der Waals surface area (Å²) < 4.78 is 0. The lowest BCUT2D eigenvalue weighted by molar-refractivity contribution is 0.0995. The van der Waals surface area contributed by atoms with Crippen molar-refractivity contribution in [1.82, 2.24) is 0 Å². The van der Waals surface area contributed by atoms with Gasteiger partial charge in [-0.15, -0.1) is 6.58 Å². The van der Waals surface area contributed by atoms with Gasteiger partial charge in [-0.25, -0.2) is 0 Å². The Morgan fingerprint density at radius 1 is 1.62 bits per heavy atom. The lowest BCUT2D eigenvalue weighted by Gasteiger charge is -2.02. The maximum atomic E-state index is 11.5. The van der Waals surface area contributed by atoms with Crippen molar-refractivity contribution >= 4 is 17.4 Å². The van der Waals surface area contributed by atoms with Crippen LogP contribution in [0.4, 0.5) is 0 Å². The minimum atomic E-state index is 0.0648. The molecule has 0 radical (unpaired) electrons. The van der Waals surface area contributed by atoms with E-state index in [4.69, 9.17) is 11.6 Å². The third kappa shape index (κ3) is 2.43. The first-order chi connectivity index (χ1) is 6.15. The van der Waals surface area contributed by atoms with E-state index in [0.29, 0.717) is 17.0 Å². The van der Waals surface area contributed by atoms with E-state index in [9.17, 15) is 4.79 Å². The van der Waals surface area contributed by atoms with Crippen molar-refractivity contribution in [2.45, 2.75) is 13.3 Å². The highest BCUT2D eigenvalue weighted by Crippen LogP contribution is 2.16. The van der Waals surface area contributed by atoms with E-state index >= 15 is 0 Å². The molecule has 0 atom stereocenters. The van der Waals surface area contributed by atoms with Crippen LogP contribution in [0, 0.1) is 6.92 Å². The van der Waals surface area contributed by atoms with Crippen LogP contribution in [0.1, 0.15) is 22.3 Å². The van der Waals surface area contributed by atoms with E-state index in [1.165, 1.54) is 0 Å². The molecule has 0 spiro atoms. The third-order valence-electron chi connectivity index (χ3n) is 1.83. The van der Waals surface area contributed by atoms with Gasteiger partial charge in [-0.2, -0.15) is 0 Å². The van der Waals surface area contributed by atoms with Crippen LogP contribution in [0.25, 0.3) is 0 Å². The van der Waals surface area contributed by atoms with Crippen LogP contribution < -0.4 is 0 Å². The summed E-state index contributed by atoms with van der Waals surface area (Å²) in [6, 6.07) is 5.32. The number of halogens is 1. The molecule has 0 saturated heterocycles. The summed E-state index contributed by atoms with van der Waals surface area (Å²) in [6.45, 7) is 5.42. The van der Waals surface area contributed by atoms with Crippen LogP contribution in [-0.2, 0) is 0 Å². The Balaban J connectivity index is 3.05. The third-order valence-corrected chi connectivity index (χ3v) is 2.06.